The highest BCUT2D eigenvalue weighted by Crippen LogP contribution is 2.22. The van der Waals surface area contributed by atoms with Gasteiger partial charge in [-0.15, -0.1) is 5.10 Å². The number of amides is 1. The second kappa shape index (κ2) is 8.89. The highest BCUT2D eigenvalue weighted by atomic mass is 16.2. The maximum absolute atomic E-state index is 12.8. The van der Waals surface area contributed by atoms with Crippen LogP contribution < -0.4 is 10.9 Å². The van der Waals surface area contributed by atoms with E-state index in [1.165, 1.54) is 12.4 Å². The molecule has 29 heavy (non-hydrogen) atoms. The van der Waals surface area contributed by atoms with Gasteiger partial charge in [-0.1, -0.05) is 26.0 Å². The van der Waals surface area contributed by atoms with Crippen LogP contribution in [0.4, 0.5) is 0 Å². The van der Waals surface area contributed by atoms with Crippen LogP contribution in [0.3, 0.4) is 0 Å². The molecule has 0 saturated heterocycles. The summed E-state index contributed by atoms with van der Waals surface area (Å²) in [6.07, 6.45) is 3.44. The maximum atomic E-state index is 12.8. The molecule has 0 aliphatic rings. The molecular formula is C21H20N6O2. The van der Waals surface area contributed by atoms with Crippen LogP contribution in [0, 0.1) is 17.2 Å². The molecule has 0 aliphatic heterocycles. The van der Waals surface area contributed by atoms with Gasteiger partial charge in [-0.2, -0.15) is 10.4 Å². The number of H-pyrrole nitrogens is 1. The standard InChI is InChI=1S/C21H20N6O2/c1-13(2)10-18(15-7-5-14(11-22)6-8-15)25-20(28)16-12-23-19(26-21(16)29)17-4-3-9-24-27-17/h3-9,12-13,18H,10H2,1-2H3,(H,25,28)(H,23,26,29). The van der Waals surface area contributed by atoms with E-state index in [9.17, 15) is 9.59 Å². The van der Waals surface area contributed by atoms with Gasteiger partial charge in [-0.3, -0.25) is 9.59 Å². The number of aromatic nitrogens is 4. The number of nitrogens with one attached hydrogen (secondary N) is 2. The molecule has 146 valence electrons. The van der Waals surface area contributed by atoms with E-state index in [-0.39, 0.29) is 17.4 Å². The van der Waals surface area contributed by atoms with Gasteiger partial charge in [0.05, 0.1) is 17.7 Å². The second-order valence-corrected chi connectivity index (χ2v) is 6.97. The normalized spacial score (nSPS) is 11.7. The Kier molecular flexibility index (Phi) is 6.09. The first-order chi connectivity index (χ1) is 14.0. The SMILES string of the molecule is CC(C)CC(NC(=O)c1cnc(-c2cccnn2)[nH]c1=O)c1ccc(C#N)cc1. The van der Waals surface area contributed by atoms with E-state index in [1.807, 2.05) is 26.0 Å². The molecule has 0 spiro atoms. The predicted molar refractivity (Wildman–Crippen MR) is 107 cm³/mol. The molecule has 1 atom stereocenters. The van der Waals surface area contributed by atoms with Crippen LogP contribution in [0.2, 0.25) is 0 Å². The molecule has 1 amide bonds. The minimum atomic E-state index is -0.554. The van der Waals surface area contributed by atoms with E-state index >= 15 is 0 Å². The van der Waals surface area contributed by atoms with Gasteiger partial charge in [0.2, 0.25) is 0 Å². The lowest BCUT2D eigenvalue weighted by Crippen LogP contribution is -2.33. The van der Waals surface area contributed by atoms with Gasteiger partial charge in [0.25, 0.3) is 11.5 Å². The fourth-order valence-corrected chi connectivity index (χ4v) is 2.89. The molecule has 0 aliphatic carbocycles. The summed E-state index contributed by atoms with van der Waals surface area (Å²) in [4.78, 5) is 31.9. The molecule has 2 aromatic heterocycles. The zero-order valence-corrected chi connectivity index (χ0v) is 16.1. The summed E-state index contributed by atoms with van der Waals surface area (Å²) in [5, 5.41) is 19.5. The van der Waals surface area contributed by atoms with Crippen LogP contribution in [-0.2, 0) is 0 Å². The van der Waals surface area contributed by atoms with Gasteiger partial charge in [0.1, 0.15) is 11.3 Å². The van der Waals surface area contributed by atoms with Gasteiger partial charge in [0.15, 0.2) is 5.82 Å². The van der Waals surface area contributed by atoms with Crippen molar-refractivity contribution in [1.82, 2.24) is 25.5 Å². The molecule has 8 heteroatoms. The van der Waals surface area contributed by atoms with Gasteiger partial charge >= 0.3 is 0 Å². The Bertz CT molecular complexity index is 1080. The van der Waals surface area contributed by atoms with Crippen molar-refractivity contribution in [3.63, 3.8) is 0 Å². The average molecular weight is 388 g/mol. The second-order valence-electron chi connectivity index (χ2n) is 6.97. The van der Waals surface area contributed by atoms with E-state index in [4.69, 9.17) is 5.26 Å². The number of nitriles is 1. The third-order valence-corrected chi connectivity index (χ3v) is 4.31. The molecule has 0 fully saturated rings. The maximum Gasteiger partial charge on any atom is 0.264 e. The number of carbonyl (C=O) groups is 1. The highest BCUT2D eigenvalue weighted by Gasteiger charge is 2.20. The summed E-state index contributed by atoms with van der Waals surface area (Å²) in [6.45, 7) is 4.10. The van der Waals surface area contributed by atoms with Gasteiger partial charge in [-0.25, -0.2) is 4.98 Å². The van der Waals surface area contributed by atoms with Crippen LogP contribution in [0.25, 0.3) is 11.5 Å². The van der Waals surface area contributed by atoms with Gasteiger partial charge < -0.3 is 10.3 Å². The number of aromatic amines is 1. The lowest BCUT2D eigenvalue weighted by molar-refractivity contribution is 0.0930. The Balaban J connectivity index is 1.83. The number of carbonyl (C=O) groups excluding carboxylic acids is 1. The lowest BCUT2D eigenvalue weighted by atomic mass is 9.96. The van der Waals surface area contributed by atoms with Crippen LogP contribution in [0.1, 0.15) is 47.8 Å². The fraction of sp³-hybridized carbons (Fsp3) is 0.238. The van der Waals surface area contributed by atoms with E-state index in [0.717, 1.165) is 5.56 Å². The van der Waals surface area contributed by atoms with Crippen molar-refractivity contribution in [2.45, 2.75) is 26.3 Å². The smallest absolute Gasteiger partial charge is 0.264 e. The largest absolute Gasteiger partial charge is 0.345 e. The summed E-state index contributed by atoms with van der Waals surface area (Å²) in [5.41, 5.74) is 1.18. The summed E-state index contributed by atoms with van der Waals surface area (Å²) >= 11 is 0. The van der Waals surface area contributed by atoms with Crippen molar-refractivity contribution in [2.24, 2.45) is 5.92 Å². The molecule has 0 radical (unpaired) electrons. The molecule has 3 rings (SSSR count). The highest BCUT2D eigenvalue weighted by molar-refractivity contribution is 5.93. The summed E-state index contributed by atoms with van der Waals surface area (Å²) < 4.78 is 0. The van der Waals surface area contributed by atoms with Crippen molar-refractivity contribution in [1.29, 1.82) is 5.26 Å². The van der Waals surface area contributed by atoms with Crippen molar-refractivity contribution >= 4 is 5.91 Å². The zero-order chi connectivity index (χ0) is 20.8. The molecule has 8 nitrogen and oxygen atoms in total. The molecule has 0 bridgehead atoms. The third kappa shape index (κ3) is 4.90. The van der Waals surface area contributed by atoms with E-state index < -0.39 is 11.5 Å². The first kappa shape index (κ1) is 19.9. The minimum Gasteiger partial charge on any atom is -0.345 e. The molecular weight excluding hydrogens is 368 g/mol. The molecule has 1 unspecified atom stereocenters. The molecule has 2 N–H and O–H groups in total. The van der Waals surface area contributed by atoms with Gasteiger partial charge in [-0.05, 0) is 42.2 Å². The summed E-state index contributed by atoms with van der Waals surface area (Å²) in [6, 6.07) is 12.2. The molecule has 0 saturated carbocycles. The fourth-order valence-electron chi connectivity index (χ4n) is 2.89. The lowest BCUT2D eigenvalue weighted by Gasteiger charge is -2.21. The van der Waals surface area contributed by atoms with Gasteiger partial charge in [0, 0.05) is 12.4 Å². The van der Waals surface area contributed by atoms with E-state index in [1.54, 1.807) is 24.3 Å². The minimum absolute atomic E-state index is 0.0833. The number of hydrogen-bond donors (Lipinski definition) is 2. The van der Waals surface area contributed by atoms with Crippen molar-refractivity contribution in [2.75, 3.05) is 0 Å². The molecule has 3 aromatic rings. The monoisotopic (exact) mass is 388 g/mol. The summed E-state index contributed by atoms with van der Waals surface area (Å²) in [7, 11) is 0. The quantitative estimate of drug-likeness (QED) is 0.669. The van der Waals surface area contributed by atoms with E-state index in [0.29, 0.717) is 23.6 Å². The third-order valence-electron chi connectivity index (χ3n) is 4.31. The van der Waals surface area contributed by atoms with Crippen LogP contribution in [-0.4, -0.2) is 26.1 Å². The number of benzene rings is 1. The first-order valence-corrected chi connectivity index (χ1v) is 9.16. The van der Waals surface area contributed by atoms with Crippen molar-refractivity contribution in [3.05, 3.63) is 75.8 Å². The number of nitrogens with zero attached hydrogens (tertiary/aromatic N) is 4. The molecule has 2 heterocycles. The Morgan fingerprint density at radius 2 is 2.00 bits per heavy atom. The zero-order valence-electron chi connectivity index (χ0n) is 16.1. The molecule has 1 aromatic carbocycles. The first-order valence-electron chi connectivity index (χ1n) is 9.16. The van der Waals surface area contributed by atoms with Crippen molar-refractivity contribution < 1.29 is 4.79 Å². The Morgan fingerprint density at radius 1 is 1.24 bits per heavy atom. The number of rotatable bonds is 6. The Labute approximate surface area is 167 Å². The topological polar surface area (TPSA) is 124 Å². The average Bonchev–Trinajstić information content (AvgIpc) is 2.73. The Morgan fingerprint density at radius 3 is 2.59 bits per heavy atom. The van der Waals surface area contributed by atoms with Crippen LogP contribution >= 0.6 is 0 Å². The summed E-state index contributed by atoms with van der Waals surface area (Å²) in [5.74, 6) is 0.0383. The van der Waals surface area contributed by atoms with E-state index in [2.05, 4.69) is 31.6 Å². The van der Waals surface area contributed by atoms with Crippen LogP contribution in [0.5, 0.6) is 0 Å². The Hall–Kier alpha value is -3.86. The van der Waals surface area contributed by atoms with Crippen molar-refractivity contribution in [3.8, 4) is 17.6 Å². The number of hydrogen-bond acceptors (Lipinski definition) is 6. The predicted octanol–water partition coefficient (Wildman–Crippen LogP) is 2.62. The van der Waals surface area contributed by atoms with Crippen LogP contribution in [0.15, 0.2) is 53.6 Å².